The minimum Gasteiger partial charge on any atom is -0.429 e. The molecule has 1 aromatic heterocycles. The van der Waals surface area contributed by atoms with Crippen molar-refractivity contribution in [1.82, 2.24) is 4.98 Å². The summed E-state index contributed by atoms with van der Waals surface area (Å²) in [4.78, 5) is 4.36. The van der Waals surface area contributed by atoms with E-state index in [-0.39, 0.29) is 0 Å². The van der Waals surface area contributed by atoms with Crippen LogP contribution in [0, 0.1) is 6.92 Å². The van der Waals surface area contributed by atoms with Crippen LogP contribution in [0.5, 0.6) is 0 Å². The first-order valence-electron chi connectivity index (χ1n) is 5.57. The third-order valence-electron chi connectivity index (χ3n) is 2.65. The number of halogens is 1. The van der Waals surface area contributed by atoms with E-state index in [0.29, 0.717) is 6.01 Å². The van der Waals surface area contributed by atoms with E-state index < -0.39 is 0 Å². The number of aromatic nitrogens is 1. The van der Waals surface area contributed by atoms with E-state index >= 15 is 0 Å². The summed E-state index contributed by atoms with van der Waals surface area (Å²) >= 11 is 5.94. The number of nitrogens with one attached hydrogen (secondary N) is 1. The predicted molar refractivity (Wildman–Crippen MR) is 69.6 cm³/mol. The van der Waals surface area contributed by atoms with E-state index in [1.165, 1.54) is 5.56 Å². The molecule has 0 atom stereocenters. The predicted octanol–water partition coefficient (Wildman–Crippen LogP) is 3.46. The van der Waals surface area contributed by atoms with Gasteiger partial charge in [-0.3, -0.25) is 0 Å². The summed E-state index contributed by atoms with van der Waals surface area (Å²) in [7, 11) is 1.80. The Kier molecular flexibility index (Phi) is 3.69. The van der Waals surface area contributed by atoms with Crippen LogP contribution in [0.4, 0.5) is 6.01 Å². The molecular formula is C13H15ClN2O. The zero-order chi connectivity index (χ0) is 12.3. The van der Waals surface area contributed by atoms with E-state index in [0.717, 1.165) is 29.3 Å². The second kappa shape index (κ2) is 5.23. The Hall–Kier alpha value is -1.48. The number of anilines is 1. The summed E-state index contributed by atoms with van der Waals surface area (Å²) in [6.07, 6.45) is 1.77. The molecule has 0 amide bonds. The van der Waals surface area contributed by atoms with Crippen LogP contribution in [0.1, 0.15) is 17.0 Å². The molecule has 0 spiro atoms. The van der Waals surface area contributed by atoms with Gasteiger partial charge in [-0.05, 0) is 37.5 Å². The average molecular weight is 251 g/mol. The van der Waals surface area contributed by atoms with E-state index in [4.69, 9.17) is 16.0 Å². The van der Waals surface area contributed by atoms with Crippen LogP contribution in [-0.2, 0) is 12.8 Å². The lowest BCUT2D eigenvalue weighted by Crippen LogP contribution is -1.94. The number of oxazole rings is 1. The lowest BCUT2D eigenvalue weighted by atomic mass is 10.1. The highest BCUT2D eigenvalue weighted by Crippen LogP contribution is 2.17. The average Bonchev–Trinajstić information content (AvgIpc) is 2.68. The molecule has 0 unspecified atom stereocenters. The molecule has 0 saturated carbocycles. The van der Waals surface area contributed by atoms with Gasteiger partial charge < -0.3 is 9.73 Å². The summed E-state index contributed by atoms with van der Waals surface area (Å²) in [6, 6.07) is 8.47. The maximum atomic E-state index is 5.94. The van der Waals surface area contributed by atoms with Gasteiger partial charge in [-0.25, -0.2) is 0 Å². The third kappa shape index (κ3) is 3.01. The fraction of sp³-hybridized carbons (Fsp3) is 0.308. The first kappa shape index (κ1) is 12.0. The Labute approximate surface area is 106 Å². The molecule has 90 valence electrons. The molecule has 2 rings (SSSR count). The second-order valence-corrected chi connectivity index (χ2v) is 4.34. The van der Waals surface area contributed by atoms with Crippen molar-refractivity contribution < 1.29 is 4.42 Å². The molecule has 3 nitrogen and oxygen atoms in total. The van der Waals surface area contributed by atoms with Gasteiger partial charge in [0.2, 0.25) is 0 Å². The van der Waals surface area contributed by atoms with Gasteiger partial charge in [-0.1, -0.05) is 23.7 Å². The summed E-state index contributed by atoms with van der Waals surface area (Å²) < 4.78 is 5.43. The van der Waals surface area contributed by atoms with Crippen LogP contribution in [-0.4, -0.2) is 12.0 Å². The summed E-state index contributed by atoms with van der Waals surface area (Å²) in [5, 5.41) is 3.67. The molecule has 4 heteroatoms. The van der Waals surface area contributed by atoms with E-state index in [1.807, 2.05) is 25.1 Å². The number of benzene rings is 1. The Morgan fingerprint density at radius 2 is 2.18 bits per heavy atom. The molecule has 1 aromatic carbocycles. The molecule has 0 radical (unpaired) electrons. The van der Waals surface area contributed by atoms with Crippen LogP contribution in [0.25, 0.3) is 0 Å². The van der Waals surface area contributed by atoms with Gasteiger partial charge in [-0.2, -0.15) is 4.98 Å². The Morgan fingerprint density at radius 3 is 2.82 bits per heavy atom. The maximum absolute atomic E-state index is 5.94. The normalized spacial score (nSPS) is 10.5. The zero-order valence-electron chi connectivity index (χ0n) is 9.96. The van der Waals surface area contributed by atoms with Gasteiger partial charge in [0.25, 0.3) is 6.01 Å². The highest BCUT2D eigenvalue weighted by molar-refractivity contribution is 6.30. The summed E-state index contributed by atoms with van der Waals surface area (Å²) in [5.74, 6) is 0.872. The van der Waals surface area contributed by atoms with Gasteiger partial charge in [0.05, 0.1) is 5.69 Å². The summed E-state index contributed by atoms with van der Waals surface area (Å²) in [5.41, 5.74) is 2.21. The number of rotatable bonds is 4. The molecule has 1 N–H and O–H groups in total. The third-order valence-corrected chi connectivity index (χ3v) is 2.88. The standard InChI is InChI=1S/C13H15ClN2O/c1-9-12(16-13(15-2)17-9)7-6-10-4-3-5-11(14)8-10/h3-5,8H,6-7H2,1-2H3,(H,15,16). The highest BCUT2D eigenvalue weighted by atomic mass is 35.5. The maximum Gasteiger partial charge on any atom is 0.294 e. The first-order chi connectivity index (χ1) is 8.19. The molecule has 0 bridgehead atoms. The second-order valence-electron chi connectivity index (χ2n) is 3.90. The highest BCUT2D eigenvalue weighted by Gasteiger charge is 2.08. The number of aryl methyl sites for hydroxylation is 3. The van der Waals surface area contributed by atoms with Gasteiger partial charge in [-0.15, -0.1) is 0 Å². The Balaban J connectivity index is 2.04. The van der Waals surface area contributed by atoms with E-state index in [9.17, 15) is 0 Å². The fourth-order valence-corrected chi connectivity index (χ4v) is 1.94. The largest absolute Gasteiger partial charge is 0.429 e. The van der Waals surface area contributed by atoms with Crippen LogP contribution < -0.4 is 5.32 Å². The number of nitrogens with zero attached hydrogens (tertiary/aromatic N) is 1. The minimum atomic E-state index is 0.573. The smallest absolute Gasteiger partial charge is 0.294 e. The zero-order valence-corrected chi connectivity index (χ0v) is 10.7. The van der Waals surface area contributed by atoms with Crippen molar-refractivity contribution in [3.63, 3.8) is 0 Å². The Morgan fingerprint density at radius 1 is 1.35 bits per heavy atom. The summed E-state index contributed by atoms with van der Waals surface area (Å²) in [6.45, 7) is 1.93. The van der Waals surface area contributed by atoms with Crippen molar-refractivity contribution in [2.24, 2.45) is 0 Å². The molecule has 17 heavy (non-hydrogen) atoms. The molecule has 0 aliphatic carbocycles. The van der Waals surface area contributed by atoms with Crippen molar-refractivity contribution in [3.8, 4) is 0 Å². The van der Waals surface area contributed by atoms with Crippen LogP contribution in [0.15, 0.2) is 28.7 Å². The van der Waals surface area contributed by atoms with Gasteiger partial charge in [0.15, 0.2) is 0 Å². The van der Waals surface area contributed by atoms with Crippen LogP contribution in [0.3, 0.4) is 0 Å². The van der Waals surface area contributed by atoms with Crippen molar-refractivity contribution in [2.75, 3.05) is 12.4 Å². The van der Waals surface area contributed by atoms with Crippen LogP contribution in [0.2, 0.25) is 5.02 Å². The SMILES string of the molecule is CNc1nc(CCc2cccc(Cl)c2)c(C)o1. The molecule has 0 saturated heterocycles. The topological polar surface area (TPSA) is 38.1 Å². The van der Waals surface area contributed by atoms with Crippen molar-refractivity contribution in [2.45, 2.75) is 19.8 Å². The molecule has 2 aromatic rings. The van der Waals surface area contributed by atoms with Crippen LogP contribution >= 0.6 is 11.6 Å². The van der Waals surface area contributed by atoms with Gasteiger partial charge in [0, 0.05) is 12.1 Å². The lowest BCUT2D eigenvalue weighted by molar-refractivity contribution is 0.540. The first-order valence-corrected chi connectivity index (χ1v) is 5.95. The molecular weight excluding hydrogens is 236 g/mol. The molecule has 0 fully saturated rings. The minimum absolute atomic E-state index is 0.573. The quantitative estimate of drug-likeness (QED) is 0.903. The van der Waals surface area contributed by atoms with Crippen molar-refractivity contribution >= 4 is 17.6 Å². The monoisotopic (exact) mass is 250 g/mol. The lowest BCUT2D eigenvalue weighted by Gasteiger charge is -2.00. The molecule has 0 aliphatic heterocycles. The Bertz CT molecular complexity index is 508. The molecule has 0 aliphatic rings. The van der Waals surface area contributed by atoms with Crippen molar-refractivity contribution in [3.05, 3.63) is 46.3 Å². The number of hydrogen-bond donors (Lipinski definition) is 1. The van der Waals surface area contributed by atoms with E-state index in [1.54, 1.807) is 7.05 Å². The fourth-order valence-electron chi connectivity index (χ4n) is 1.72. The van der Waals surface area contributed by atoms with Gasteiger partial charge >= 0.3 is 0 Å². The van der Waals surface area contributed by atoms with Crippen molar-refractivity contribution in [1.29, 1.82) is 0 Å². The number of hydrogen-bond acceptors (Lipinski definition) is 3. The van der Waals surface area contributed by atoms with Gasteiger partial charge in [0.1, 0.15) is 5.76 Å². The van der Waals surface area contributed by atoms with E-state index in [2.05, 4.69) is 16.4 Å². The molecule has 1 heterocycles.